The minimum atomic E-state index is -0.765. The lowest BCUT2D eigenvalue weighted by molar-refractivity contribution is -0.121. The van der Waals surface area contributed by atoms with Gasteiger partial charge in [-0.2, -0.15) is 0 Å². The molecule has 0 atom stereocenters. The van der Waals surface area contributed by atoms with Crippen LogP contribution < -0.4 is 21.2 Å². The predicted octanol–water partition coefficient (Wildman–Crippen LogP) is 2.24. The largest absolute Gasteiger partial charge is 0.497 e. The van der Waals surface area contributed by atoms with Crippen molar-refractivity contribution in [2.45, 2.75) is 26.6 Å². The van der Waals surface area contributed by atoms with Crippen molar-refractivity contribution in [3.8, 4) is 5.75 Å². The first-order valence-corrected chi connectivity index (χ1v) is 10.5. The lowest BCUT2D eigenvalue weighted by Gasteiger charge is -2.14. The standard InChI is InChI=1S/C25H24N4O4/c1-17-8-10-18(11-9-17)15-29-23-21(7-4-12-26-23)28(24(31)25(29)32)16-22(30)27-14-19-5-3-6-20(13-19)33-2/h3-13H,14-16H2,1-2H3,(H,27,30). The van der Waals surface area contributed by atoms with Crippen LogP contribution in [0, 0.1) is 6.92 Å². The molecule has 0 saturated heterocycles. The van der Waals surface area contributed by atoms with Crippen LogP contribution in [0.4, 0.5) is 0 Å². The monoisotopic (exact) mass is 444 g/mol. The summed E-state index contributed by atoms with van der Waals surface area (Å²) in [5, 5.41) is 2.79. The molecular weight excluding hydrogens is 420 g/mol. The number of nitrogens with zero attached hydrogens (tertiary/aromatic N) is 3. The van der Waals surface area contributed by atoms with Crippen LogP contribution in [0.5, 0.6) is 5.75 Å². The second kappa shape index (κ2) is 9.52. The minimum Gasteiger partial charge on any atom is -0.497 e. The van der Waals surface area contributed by atoms with Crippen LogP contribution in [-0.4, -0.2) is 27.1 Å². The number of ether oxygens (including phenoxy) is 1. The Kier molecular flexibility index (Phi) is 6.35. The van der Waals surface area contributed by atoms with Crippen LogP contribution in [0.15, 0.2) is 76.4 Å². The lowest BCUT2D eigenvalue weighted by Crippen LogP contribution is -2.44. The van der Waals surface area contributed by atoms with E-state index < -0.39 is 11.1 Å². The highest BCUT2D eigenvalue weighted by Crippen LogP contribution is 2.13. The van der Waals surface area contributed by atoms with Crippen LogP contribution in [0.2, 0.25) is 0 Å². The molecule has 33 heavy (non-hydrogen) atoms. The van der Waals surface area contributed by atoms with E-state index in [-0.39, 0.29) is 25.5 Å². The Labute approximate surface area is 190 Å². The van der Waals surface area contributed by atoms with E-state index in [1.807, 2.05) is 55.5 Å². The molecule has 4 rings (SSSR count). The van der Waals surface area contributed by atoms with Gasteiger partial charge in [0.1, 0.15) is 12.3 Å². The van der Waals surface area contributed by atoms with Crippen LogP contribution in [-0.2, 0) is 24.4 Å². The zero-order valence-corrected chi connectivity index (χ0v) is 18.4. The van der Waals surface area contributed by atoms with Crippen molar-refractivity contribution in [2.24, 2.45) is 0 Å². The van der Waals surface area contributed by atoms with E-state index in [0.717, 1.165) is 16.7 Å². The third-order valence-electron chi connectivity index (χ3n) is 5.37. The molecule has 0 aliphatic heterocycles. The van der Waals surface area contributed by atoms with Crippen molar-refractivity contribution in [2.75, 3.05) is 7.11 Å². The number of aryl methyl sites for hydroxylation is 1. The van der Waals surface area contributed by atoms with E-state index in [4.69, 9.17) is 4.74 Å². The summed E-state index contributed by atoms with van der Waals surface area (Å²) >= 11 is 0. The molecule has 8 heteroatoms. The van der Waals surface area contributed by atoms with Gasteiger partial charge in [0.2, 0.25) is 5.91 Å². The number of hydrogen-bond donors (Lipinski definition) is 1. The quantitative estimate of drug-likeness (QED) is 0.441. The Morgan fingerprint density at radius 1 is 0.970 bits per heavy atom. The van der Waals surface area contributed by atoms with Gasteiger partial charge < -0.3 is 10.1 Å². The van der Waals surface area contributed by atoms with Crippen molar-refractivity contribution in [1.82, 2.24) is 19.4 Å². The van der Waals surface area contributed by atoms with Crippen molar-refractivity contribution in [3.05, 3.63) is 104 Å². The van der Waals surface area contributed by atoms with E-state index in [9.17, 15) is 14.4 Å². The summed E-state index contributed by atoms with van der Waals surface area (Å²) in [7, 11) is 1.57. The Morgan fingerprint density at radius 3 is 2.48 bits per heavy atom. The number of benzene rings is 2. The minimum absolute atomic E-state index is 0.213. The van der Waals surface area contributed by atoms with Gasteiger partial charge in [-0.05, 0) is 42.3 Å². The van der Waals surface area contributed by atoms with Crippen LogP contribution in [0.25, 0.3) is 11.2 Å². The van der Waals surface area contributed by atoms with E-state index in [1.54, 1.807) is 25.4 Å². The molecular formula is C25H24N4O4. The first-order chi connectivity index (χ1) is 16.0. The Hall–Kier alpha value is -4.20. The molecule has 2 aromatic carbocycles. The van der Waals surface area contributed by atoms with Gasteiger partial charge >= 0.3 is 11.1 Å². The molecule has 0 aliphatic rings. The molecule has 1 amide bonds. The molecule has 0 radical (unpaired) electrons. The Bertz CT molecular complexity index is 1420. The molecule has 0 aliphatic carbocycles. The Morgan fingerprint density at radius 2 is 1.73 bits per heavy atom. The Balaban J connectivity index is 1.62. The zero-order valence-electron chi connectivity index (χ0n) is 18.4. The molecule has 0 unspecified atom stereocenters. The second-order valence-corrected chi connectivity index (χ2v) is 7.74. The number of hydrogen-bond acceptors (Lipinski definition) is 5. The number of methoxy groups -OCH3 is 1. The summed E-state index contributed by atoms with van der Waals surface area (Å²) in [5.74, 6) is 0.299. The third-order valence-corrected chi connectivity index (χ3v) is 5.37. The van der Waals surface area contributed by atoms with Gasteiger partial charge in [-0.25, -0.2) is 4.98 Å². The summed E-state index contributed by atoms with van der Waals surface area (Å²) in [6, 6.07) is 18.4. The molecule has 4 aromatic rings. The normalized spacial score (nSPS) is 10.8. The highest BCUT2D eigenvalue weighted by molar-refractivity contribution is 5.78. The fourth-order valence-corrected chi connectivity index (χ4v) is 3.61. The molecule has 0 fully saturated rings. The molecule has 8 nitrogen and oxygen atoms in total. The van der Waals surface area contributed by atoms with E-state index in [2.05, 4.69) is 10.3 Å². The number of aromatic nitrogens is 3. The van der Waals surface area contributed by atoms with Crippen molar-refractivity contribution >= 4 is 17.1 Å². The van der Waals surface area contributed by atoms with E-state index in [1.165, 1.54) is 9.13 Å². The van der Waals surface area contributed by atoms with Crippen molar-refractivity contribution in [1.29, 1.82) is 0 Å². The molecule has 168 valence electrons. The first kappa shape index (κ1) is 22.0. The molecule has 0 saturated carbocycles. The first-order valence-electron chi connectivity index (χ1n) is 10.5. The fourth-order valence-electron chi connectivity index (χ4n) is 3.61. The summed E-state index contributed by atoms with van der Waals surface area (Å²) in [6.45, 7) is 2.18. The number of carbonyl (C=O) groups excluding carboxylic acids is 1. The topological polar surface area (TPSA) is 95.2 Å². The molecule has 2 aromatic heterocycles. The number of fused-ring (bicyclic) bond motifs is 1. The summed E-state index contributed by atoms with van der Waals surface area (Å²) in [4.78, 5) is 42.9. The number of nitrogens with one attached hydrogen (secondary N) is 1. The maximum Gasteiger partial charge on any atom is 0.318 e. The maximum atomic E-state index is 13.0. The molecule has 1 N–H and O–H groups in total. The van der Waals surface area contributed by atoms with Gasteiger partial charge in [0.05, 0.1) is 19.2 Å². The average Bonchev–Trinajstić information content (AvgIpc) is 2.84. The van der Waals surface area contributed by atoms with Crippen molar-refractivity contribution < 1.29 is 9.53 Å². The third kappa shape index (κ3) is 4.85. The van der Waals surface area contributed by atoms with Gasteiger partial charge in [0.15, 0.2) is 5.65 Å². The zero-order chi connectivity index (χ0) is 23.4. The summed E-state index contributed by atoms with van der Waals surface area (Å²) in [5.41, 5.74) is 2.12. The molecule has 0 bridgehead atoms. The highest BCUT2D eigenvalue weighted by Gasteiger charge is 2.16. The fraction of sp³-hybridized carbons (Fsp3) is 0.200. The van der Waals surface area contributed by atoms with Gasteiger partial charge in [-0.15, -0.1) is 0 Å². The number of rotatable bonds is 7. The number of amides is 1. The SMILES string of the molecule is COc1cccc(CNC(=O)Cn2c(=O)c(=O)n(Cc3ccc(C)cc3)c3ncccc32)c1. The van der Waals surface area contributed by atoms with Crippen LogP contribution in [0.1, 0.15) is 16.7 Å². The second-order valence-electron chi connectivity index (χ2n) is 7.74. The van der Waals surface area contributed by atoms with Gasteiger partial charge in [-0.3, -0.25) is 23.5 Å². The lowest BCUT2D eigenvalue weighted by atomic mass is 10.1. The molecule has 0 spiro atoms. The van der Waals surface area contributed by atoms with Gasteiger partial charge in [0.25, 0.3) is 0 Å². The van der Waals surface area contributed by atoms with Crippen LogP contribution >= 0.6 is 0 Å². The highest BCUT2D eigenvalue weighted by atomic mass is 16.5. The average molecular weight is 444 g/mol. The van der Waals surface area contributed by atoms with E-state index >= 15 is 0 Å². The predicted molar refractivity (Wildman–Crippen MR) is 125 cm³/mol. The van der Waals surface area contributed by atoms with Gasteiger partial charge in [-0.1, -0.05) is 42.0 Å². The smallest absolute Gasteiger partial charge is 0.318 e. The number of carbonyl (C=O) groups is 1. The van der Waals surface area contributed by atoms with Crippen LogP contribution in [0.3, 0.4) is 0 Å². The number of pyridine rings is 1. The van der Waals surface area contributed by atoms with Gasteiger partial charge in [0, 0.05) is 12.7 Å². The van der Waals surface area contributed by atoms with E-state index in [0.29, 0.717) is 16.9 Å². The summed E-state index contributed by atoms with van der Waals surface area (Å²) in [6.07, 6.45) is 1.56. The van der Waals surface area contributed by atoms with Crippen molar-refractivity contribution in [3.63, 3.8) is 0 Å². The summed E-state index contributed by atoms with van der Waals surface area (Å²) < 4.78 is 7.72. The molecule has 2 heterocycles. The maximum absolute atomic E-state index is 13.0.